The number of amides is 2. The lowest BCUT2D eigenvalue weighted by Gasteiger charge is -2.25. The SMILES string of the molecule is Cc1cc(/C=C2\C(=O)NC(=S)N(C)C2=O)c(C)n1-c1ccc(Cl)cc1Cl. The number of hydrogen-bond donors (Lipinski definition) is 1. The minimum atomic E-state index is -0.507. The number of carbonyl (C=O) groups excluding carboxylic acids is 2. The number of aryl methyl sites for hydroxylation is 1. The van der Waals surface area contributed by atoms with Crippen molar-refractivity contribution in [3.05, 3.63) is 56.8 Å². The number of aromatic nitrogens is 1. The van der Waals surface area contributed by atoms with E-state index >= 15 is 0 Å². The minimum Gasteiger partial charge on any atom is -0.316 e. The molecule has 2 heterocycles. The van der Waals surface area contributed by atoms with Gasteiger partial charge in [-0.15, -0.1) is 0 Å². The Morgan fingerprint density at radius 1 is 1.15 bits per heavy atom. The topological polar surface area (TPSA) is 54.3 Å². The maximum absolute atomic E-state index is 12.4. The number of rotatable bonds is 2. The number of halogens is 2. The van der Waals surface area contributed by atoms with Crippen molar-refractivity contribution >= 4 is 58.4 Å². The van der Waals surface area contributed by atoms with Gasteiger partial charge in [0.2, 0.25) is 0 Å². The van der Waals surface area contributed by atoms with Crippen LogP contribution >= 0.6 is 35.4 Å². The van der Waals surface area contributed by atoms with Crippen LogP contribution in [0.3, 0.4) is 0 Å². The number of hydrogen-bond acceptors (Lipinski definition) is 3. The summed E-state index contributed by atoms with van der Waals surface area (Å²) >= 11 is 17.3. The highest BCUT2D eigenvalue weighted by Gasteiger charge is 2.31. The van der Waals surface area contributed by atoms with E-state index in [-0.39, 0.29) is 10.7 Å². The first-order valence-electron chi connectivity index (χ1n) is 7.70. The van der Waals surface area contributed by atoms with Gasteiger partial charge in [0.1, 0.15) is 5.57 Å². The molecule has 0 unspecified atom stereocenters. The Labute approximate surface area is 166 Å². The third-order valence-corrected chi connectivity index (χ3v) is 5.14. The smallest absolute Gasteiger partial charge is 0.265 e. The zero-order valence-electron chi connectivity index (χ0n) is 14.3. The molecule has 8 heteroatoms. The second kappa shape index (κ2) is 6.87. The van der Waals surface area contributed by atoms with E-state index in [4.69, 9.17) is 35.4 Å². The van der Waals surface area contributed by atoms with Gasteiger partial charge in [0.05, 0.1) is 10.7 Å². The second-order valence-electron chi connectivity index (χ2n) is 5.94. The van der Waals surface area contributed by atoms with Crippen molar-refractivity contribution in [2.75, 3.05) is 7.05 Å². The number of thiocarbonyl (C=S) groups is 1. The molecule has 0 atom stereocenters. The van der Waals surface area contributed by atoms with Crippen LogP contribution in [0.4, 0.5) is 0 Å². The maximum Gasteiger partial charge on any atom is 0.265 e. The Morgan fingerprint density at radius 3 is 2.50 bits per heavy atom. The number of benzene rings is 1. The highest BCUT2D eigenvalue weighted by atomic mass is 35.5. The van der Waals surface area contributed by atoms with Crippen molar-refractivity contribution in [2.45, 2.75) is 13.8 Å². The molecule has 0 spiro atoms. The van der Waals surface area contributed by atoms with Gasteiger partial charge in [0.15, 0.2) is 5.11 Å². The molecule has 5 nitrogen and oxygen atoms in total. The first-order chi connectivity index (χ1) is 12.2. The zero-order chi connectivity index (χ0) is 19.2. The quantitative estimate of drug-likeness (QED) is 0.469. The lowest BCUT2D eigenvalue weighted by Crippen LogP contribution is -2.52. The Balaban J connectivity index is 2.10. The molecule has 0 radical (unpaired) electrons. The lowest BCUT2D eigenvalue weighted by molar-refractivity contribution is -0.128. The number of carbonyl (C=O) groups is 2. The van der Waals surface area contributed by atoms with E-state index in [1.165, 1.54) is 11.9 Å². The van der Waals surface area contributed by atoms with Crippen molar-refractivity contribution in [2.24, 2.45) is 0 Å². The maximum atomic E-state index is 12.4. The zero-order valence-corrected chi connectivity index (χ0v) is 16.6. The number of nitrogens with one attached hydrogen (secondary N) is 1. The van der Waals surface area contributed by atoms with Gasteiger partial charge in [-0.1, -0.05) is 23.2 Å². The summed E-state index contributed by atoms with van der Waals surface area (Å²) in [5.74, 6) is -0.944. The second-order valence-corrected chi connectivity index (χ2v) is 7.17. The predicted molar refractivity (Wildman–Crippen MR) is 107 cm³/mol. The Hall–Kier alpha value is -2.15. The van der Waals surface area contributed by atoms with Crippen LogP contribution in [0.1, 0.15) is 17.0 Å². The van der Waals surface area contributed by atoms with Crippen LogP contribution < -0.4 is 5.32 Å². The van der Waals surface area contributed by atoms with Crippen LogP contribution in [0, 0.1) is 13.8 Å². The normalized spacial score (nSPS) is 16.4. The van der Waals surface area contributed by atoms with Crippen molar-refractivity contribution < 1.29 is 9.59 Å². The Bertz CT molecular complexity index is 995. The molecule has 0 saturated carbocycles. The van der Waals surface area contributed by atoms with Crippen molar-refractivity contribution in [3.63, 3.8) is 0 Å². The fourth-order valence-corrected chi connectivity index (χ4v) is 3.54. The van der Waals surface area contributed by atoms with Gasteiger partial charge in [-0.25, -0.2) is 0 Å². The molecule has 1 aromatic heterocycles. The number of likely N-dealkylation sites (N-methyl/N-ethyl adjacent to an activating group) is 1. The lowest BCUT2D eigenvalue weighted by atomic mass is 10.1. The molecule has 0 aliphatic carbocycles. The van der Waals surface area contributed by atoms with Gasteiger partial charge in [0, 0.05) is 23.5 Å². The summed E-state index contributed by atoms with van der Waals surface area (Å²) in [6.45, 7) is 3.81. The van der Waals surface area contributed by atoms with E-state index in [1.54, 1.807) is 18.2 Å². The summed E-state index contributed by atoms with van der Waals surface area (Å²) in [6, 6.07) is 7.14. The molecule has 1 saturated heterocycles. The third kappa shape index (κ3) is 3.16. The summed E-state index contributed by atoms with van der Waals surface area (Å²) in [4.78, 5) is 25.8. The van der Waals surface area contributed by atoms with Crippen LogP contribution in [0.15, 0.2) is 29.8 Å². The average Bonchev–Trinajstić information content (AvgIpc) is 2.84. The van der Waals surface area contributed by atoms with E-state index in [1.807, 2.05) is 30.5 Å². The molecule has 1 aromatic carbocycles. The largest absolute Gasteiger partial charge is 0.316 e. The van der Waals surface area contributed by atoms with Crippen molar-refractivity contribution in [1.29, 1.82) is 0 Å². The fourth-order valence-electron chi connectivity index (χ4n) is 2.87. The molecular weight excluding hydrogens is 393 g/mol. The average molecular weight is 408 g/mol. The third-order valence-electron chi connectivity index (χ3n) is 4.23. The summed E-state index contributed by atoms with van der Waals surface area (Å²) in [6.07, 6.45) is 1.57. The van der Waals surface area contributed by atoms with E-state index in [0.717, 1.165) is 22.6 Å². The highest BCUT2D eigenvalue weighted by Crippen LogP contribution is 2.30. The van der Waals surface area contributed by atoms with Crippen molar-refractivity contribution in [1.82, 2.24) is 14.8 Å². The monoisotopic (exact) mass is 407 g/mol. The molecule has 0 bridgehead atoms. The van der Waals surface area contributed by atoms with Crippen LogP contribution in [0.2, 0.25) is 10.0 Å². The van der Waals surface area contributed by atoms with Crippen LogP contribution in [-0.2, 0) is 9.59 Å². The standard InChI is InChI=1S/C18H15Cl2N3O2S/c1-9-6-11(7-13-16(24)21-18(26)22(3)17(13)25)10(2)23(9)15-5-4-12(19)8-14(15)20/h4-8H,1-3H3,(H,21,24,26)/b13-7+. The summed E-state index contributed by atoms with van der Waals surface area (Å²) < 4.78 is 1.95. The summed E-state index contributed by atoms with van der Waals surface area (Å²) in [5.41, 5.74) is 3.30. The van der Waals surface area contributed by atoms with Gasteiger partial charge in [-0.2, -0.15) is 0 Å². The molecule has 1 aliphatic rings. The molecular formula is C18H15Cl2N3O2S. The Kier molecular flexibility index (Phi) is 4.92. The van der Waals surface area contributed by atoms with Gasteiger partial charge in [-0.05, 0) is 62.0 Å². The van der Waals surface area contributed by atoms with Crippen molar-refractivity contribution in [3.8, 4) is 5.69 Å². The van der Waals surface area contributed by atoms with E-state index in [2.05, 4.69) is 5.32 Å². The highest BCUT2D eigenvalue weighted by molar-refractivity contribution is 7.80. The molecule has 1 aliphatic heterocycles. The molecule has 2 aromatic rings. The molecule has 26 heavy (non-hydrogen) atoms. The van der Waals surface area contributed by atoms with E-state index < -0.39 is 11.8 Å². The van der Waals surface area contributed by atoms with Crippen LogP contribution in [-0.4, -0.2) is 33.4 Å². The predicted octanol–water partition coefficient (Wildman–Crippen LogP) is 3.66. The van der Waals surface area contributed by atoms with Gasteiger partial charge in [0.25, 0.3) is 11.8 Å². The van der Waals surface area contributed by atoms with Gasteiger partial charge in [-0.3, -0.25) is 19.8 Å². The first-order valence-corrected chi connectivity index (χ1v) is 8.86. The van der Waals surface area contributed by atoms with Crippen LogP contribution in [0.5, 0.6) is 0 Å². The van der Waals surface area contributed by atoms with Gasteiger partial charge >= 0.3 is 0 Å². The number of nitrogens with zero attached hydrogens (tertiary/aromatic N) is 2. The van der Waals surface area contributed by atoms with E-state index in [0.29, 0.717) is 10.0 Å². The molecule has 3 rings (SSSR count). The molecule has 2 amide bonds. The van der Waals surface area contributed by atoms with Crippen LogP contribution in [0.25, 0.3) is 11.8 Å². The molecule has 134 valence electrons. The fraction of sp³-hybridized carbons (Fsp3) is 0.167. The van der Waals surface area contributed by atoms with E-state index in [9.17, 15) is 9.59 Å². The minimum absolute atomic E-state index is 0.0311. The molecule has 1 fully saturated rings. The molecule has 1 N–H and O–H groups in total. The summed E-state index contributed by atoms with van der Waals surface area (Å²) in [5, 5.41) is 3.66. The van der Waals surface area contributed by atoms with Gasteiger partial charge < -0.3 is 4.57 Å². The first kappa shape index (κ1) is 18.6. The summed E-state index contributed by atoms with van der Waals surface area (Å²) in [7, 11) is 1.52. The Morgan fingerprint density at radius 2 is 1.85 bits per heavy atom.